The van der Waals surface area contributed by atoms with Gasteiger partial charge in [0, 0.05) is 16.8 Å². The molecule has 1 aromatic rings. The second-order valence-electron chi connectivity index (χ2n) is 5.30. The van der Waals surface area contributed by atoms with Crippen LogP contribution in [-0.4, -0.2) is 5.78 Å². The number of hydrogen-bond donors (Lipinski definition) is 0. The molecule has 2 aliphatic carbocycles. The third kappa shape index (κ3) is 2.30. The first-order valence-electron chi connectivity index (χ1n) is 6.10. The monoisotopic (exact) mass is 296 g/mol. The molecule has 3 heteroatoms. The highest BCUT2D eigenvalue weighted by atomic mass is 79.9. The zero-order valence-corrected chi connectivity index (χ0v) is 11.0. The molecular weight excluding hydrogens is 283 g/mol. The predicted molar refractivity (Wildman–Crippen MR) is 67.1 cm³/mol. The van der Waals surface area contributed by atoms with Crippen LogP contribution in [0.5, 0.6) is 0 Å². The molecule has 0 bridgehead atoms. The smallest absolute Gasteiger partial charge is 0.140 e. The van der Waals surface area contributed by atoms with Crippen molar-refractivity contribution in [1.29, 1.82) is 0 Å². The maximum absolute atomic E-state index is 12.9. The van der Waals surface area contributed by atoms with Gasteiger partial charge in [0.2, 0.25) is 0 Å². The minimum absolute atomic E-state index is 0.260. The van der Waals surface area contributed by atoms with E-state index < -0.39 is 0 Å². The van der Waals surface area contributed by atoms with E-state index in [2.05, 4.69) is 15.9 Å². The minimum atomic E-state index is -0.268. The average Bonchev–Trinajstić information content (AvgIpc) is 2.89. The van der Waals surface area contributed by atoms with Crippen LogP contribution in [0.3, 0.4) is 0 Å². The lowest BCUT2D eigenvalue weighted by molar-refractivity contribution is -0.122. The van der Waals surface area contributed by atoms with Crippen molar-refractivity contribution >= 4 is 21.7 Å². The van der Waals surface area contributed by atoms with Gasteiger partial charge in [0.15, 0.2) is 0 Å². The molecule has 1 aromatic carbocycles. The second-order valence-corrected chi connectivity index (χ2v) is 6.16. The maximum Gasteiger partial charge on any atom is 0.140 e. The molecule has 0 spiro atoms. The van der Waals surface area contributed by atoms with E-state index in [0.29, 0.717) is 16.7 Å². The number of Topliss-reactive ketones (excluding diaryl/α,β-unsaturated/α-hetero) is 1. The highest BCUT2D eigenvalue weighted by Gasteiger charge is 2.47. The van der Waals surface area contributed by atoms with E-state index in [1.54, 1.807) is 6.07 Å². The number of carbonyl (C=O) groups is 1. The summed E-state index contributed by atoms with van der Waals surface area (Å²) in [5.74, 6) is 1.98. The molecule has 0 amide bonds. The lowest BCUT2D eigenvalue weighted by atomic mass is 9.94. The van der Waals surface area contributed by atoms with Gasteiger partial charge in [-0.15, -0.1) is 0 Å². The first kappa shape index (κ1) is 11.4. The summed E-state index contributed by atoms with van der Waals surface area (Å²) in [4.78, 5) is 12.1. The molecule has 3 rings (SSSR count). The van der Waals surface area contributed by atoms with Crippen molar-refractivity contribution in [1.82, 2.24) is 0 Å². The van der Waals surface area contributed by atoms with Gasteiger partial charge in [0.1, 0.15) is 11.6 Å². The Hall–Kier alpha value is -0.700. The Morgan fingerprint density at radius 2 is 2.00 bits per heavy atom. The van der Waals surface area contributed by atoms with Crippen LogP contribution in [-0.2, 0) is 11.2 Å². The molecule has 1 nitrogen and oxygen atoms in total. The zero-order valence-electron chi connectivity index (χ0n) is 9.46. The zero-order chi connectivity index (χ0) is 12.0. The molecule has 2 unspecified atom stereocenters. The lowest BCUT2D eigenvalue weighted by Crippen LogP contribution is -2.15. The summed E-state index contributed by atoms with van der Waals surface area (Å²) < 4.78 is 13.6. The van der Waals surface area contributed by atoms with Crippen molar-refractivity contribution < 1.29 is 9.18 Å². The molecule has 2 atom stereocenters. The number of carbonyl (C=O) groups excluding carboxylic acids is 1. The number of rotatable bonds is 3. The molecule has 0 saturated heterocycles. The molecular formula is C14H14BrFO. The number of ketones is 1. The van der Waals surface area contributed by atoms with Gasteiger partial charge in [-0.05, 0) is 48.8 Å². The highest BCUT2D eigenvalue weighted by molar-refractivity contribution is 9.10. The Morgan fingerprint density at radius 1 is 1.29 bits per heavy atom. The van der Waals surface area contributed by atoms with Crippen molar-refractivity contribution in [3.63, 3.8) is 0 Å². The summed E-state index contributed by atoms with van der Waals surface area (Å²) in [6.07, 6.45) is 3.94. The fraction of sp³-hybridized carbons (Fsp3) is 0.500. The fourth-order valence-corrected chi connectivity index (χ4v) is 3.47. The van der Waals surface area contributed by atoms with Crippen LogP contribution >= 0.6 is 15.9 Å². The number of halogens is 2. The average molecular weight is 297 g/mol. The Kier molecular flexibility index (Phi) is 2.81. The highest BCUT2D eigenvalue weighted by Crippen LogP contribution is 2.54. The molecule has 0 aromatic heterocycles. The quantitative estimate of drug-likeness (QED) is 0.830. The summed E-state index contributed by atoms with van der Waals surface area (Å²) in [6, 6.07) is 4.54. The molecule has 2 fully saturated rings. The van der Waals surface area contributed by atoms with Crippen LogP contribution in [0.1, 0.15) is 24.8 Å². The van der Waals surface area contributed by atoms with Crippen LogP contribution in [0, 0.1) is 23.6 Å². The normalized spacial score (nSPS) is 30.1. The number of benzene rings is 1. The van der Waals surface area contributed by atoms with Crippen LogP contribution in [0.2, 0.25) is 0 Å². The third-order valence-electron chi connectivity index (χ3n) is 4.08. The van der Waals surface area contributed by atoms with Gasteiger partial charge >= 0.3 is 0 Å². The summed E-state index contributed by atoms with van der Waals surface area (Å²) in [7, 11) is 0. The Balaban J connectivity index is 1.67. The maximum atomic E-state index is 12.9. The molecule has 0 aliphatic heterocycles. The largest absolute Gasteiger partial charge is 0.299 e. The van der Waals surface area contributed by atoms with Gasteiger partial charge in [-0.2, -0.15) is 0 Å². The first-order chi connectivity index (χ1) is 8.13. The van der Waals surface area contributed by atoms with Gasteiger partial charge in [0.25, 0.3) is 0 Å². The molecule has 0 N–H and O–H groups in total. The SMILES string of the molecule is O=C(Cc1ccc(F)cc1Br)C1CC2CC2C1. The van der Waals surface area contributed by atoms with Gasteiger partial charge in [0.05, 0.1) is 0 Å². The van der Waals surface area contributed by atoms with Crippen molar-refractivity contribution in [2.75, 3.05) is 0 Å². The van der Waals surface area contributed by atoms with Gasteiger partial charge in [-0.1, -0.05) is 22.0 Å². The Labute approximate surface area is 109 Å². The lowest BCUT2D eigenvalue weighted by Gasteiger charge is -2.11. The summed E-state index contributed by atoms with van der Waals surface area (Å²) in [6.45, 7) is 0. The third-order valence-corrected chi connectivity index (χ3v) is 4.82. The van der Waals surface area contributed by atoms with Crippen LogP contribution < -0.4 is 0 Å². The fourth-order valence-electron chi connectivity index (χ4n) is 2.97. The van der Waals surface area contributed by atoms with Crippen molar-refractivity contribution in [3.05, 3.63) is 34.1 Å². The molecule has 2 aliphatic rings. The van der Waals surface area contributed by atoms with Gasteiger partial charge in [-0.25, -0.2) is 4.39 Å². The van der Waals surface area contributed by atoms with Crippen LogP contribution in [0.15, 0.2) is 22.7 Å². The van der Waals surface area contributed by atoms with E-state index in [4.69, 9.17) is 0 Å². The van der Waals surface area contributed by atoms with Gasteiger partial charge < -0.3 is 0 Å². The van der Waals surface area contributed by atoms with Gasteiger partial charge in [-0.3, -0.25) is 4.79 Å². The predicted octanol–water partition coefficient (Wildman–Crippen LogP) is 3.75. The van der Waals surface area contributed by atoms with E-state index in [0.717, 1.165) is 30.2 Å². The Morgan fingerprint density at radius 3 is 2.65 bits per heavy atom. The second kappa shape index (κ2) is 4.20. The topological polar surface area (TPSA) is 17.1 Å². The van der Waals surface area contributed by atoms with Crippen molar-refractivity contribution in [3.8, 4) is 0 Å². The Bertz CT molecular complexity index is 461. The van der Waals surface area contributed by atoms with E-state index in [1.165, 1.54) is 18.6 Å². The number of hydrogen-bond acceptors (Lipinski definition) is 1. The first-order valence-corrected chi connectivity index (χ1v) is 6.89. The summed E-state index contributed by atoms with van der Waals surface area (Å²) in [5, 5.41) is 0. The van der Waals surface area contributed by atoms with E-state index >= 15 is 0 Å². The molecule has 0 heterocycles. The molecule has 2 saturated carbocycles. The number of fused-ring (bicyclic) bond motifs is 1. The van der Waals surface area contributed by atoms with Crippen molar-refractivity contribution in [2.45, 2.75) is 25.7 Å². The van der Waals surface area contributed by atoms with E-state index in [-0.39, 0.29) is 11.7 Å². The molecule has 0 radical (unpaired) electrons. The summed E-state index contributed by atoms with van der Waals surface area (Å²) >= 11 is 3.31. The minimum Gasteiger partial charge on any atom is -0.299 e. The molecule has 90 valence electrons. The standard InChI is InChI=1S/C14H14BrFO/c15-13-7-12(16)2-1-8(13)6-14(17)11-4-9-3-10(9)5-11/h1-2,7,9-11H,3-6H2. The van der Waals surface area contributed by atoms with Crippen LogP contribution in [0.4, 0.5) is 4.39 Å². The van der Waals surface area contributed by atoms with Crippen molar-refractivity contribution in [2.24, 2.45) is 17.8 Å². The van der Waals surface area contributed by atoms with Crippen LogP contribution in [0.25, 0.3) is 0 Å². The summed E-state index contributed by atoms with van der Waals surface area (Å²) in [5.41, 5.74) is 0.900. The van der Waals surface area contributed by atoms with E-state index in [1.807, 2.05) is 0 Å². The molecule has 17 heavy (non-hydrogen) atoms. The van der Waals surface area contributed by atoms with E-state index in [9.17, 15) is 9.18 Å².